The van der Waals surface area contributed by atoms with Gasteiger partial charge in [-0.25, -0.2) is 13.2 Å². The second-order valence-electron chi connectivity index (χ2n) is 5.68. The Bertz CT molecular complexity index is 727. The number of esters is 1. The average Bonchev–Trinajstić information content (AvgIpc) is 2.80. The van der Waals surface area contributed by atoms with Gasteiger partial charge in [-0.2, -0.15) is 0 Å². The first-order chi connectivity index (χ1) is 10.7. The third kappa shape index (κ3) is 4.44. The van der Waals surface area contributed by atoms with Crippen molar-refractivity contribution in [2.24, 2.45) is 0 Å². The Hall–Kier alpha value is -2.09. The van der Waals surface area contributed by atoms with Gasteiger partial charge in [0.1, 0.15) is 11.3 Å². The van der Waals surface area contributed by atoms with E-state index in [4.69, 9.17) is 4.74 Å². The zero-order valence-corrected chi connectivity index (χ0v) is 13.7. The van der Waals surface area contributed by atoms with Crippen LogP contribution in [0.15, 0.2) is 18.2 Å². The first-order valence-corrected chi connectivity index (χ1v) is 9.01. The number of carbonyl (C=O) groups is 2. The molecule has 0 aromatic heterocycles. The van der Waals surface area contributed by atoms with Gasteiger partial charge in [0.25, 0.3) is 5.91 Å². The van der Waals surface area contributed by atoms with Crippen LogP contribution in [0.1, 0.15) is 29.3 Å². The molecule has 2 N–H and O–H groups in total. The standard InChI is InChI=1S/C15H19NO6S/c1-9-3-4-13(17)12(7-9)15(19)22-10(2)14(18)16-11-5-6-23(20,21)8-11/h3-4,7,10-11,17H,5-6,8H2,1-2H3,(H,16,18)/t10-,11+/m1/s1. The van der Waals surface area contributed by atoms with Gasteiger partial charge in [0.15, 0.2) is 15.9 Å². The van der Waals surface area contributed by atoms with Crippen LogP contribution in [0.3, 0.4) is 0 Å². The van der Waals surface area contributed by atoms with Crippen molar-refractivity contribution in [2.75, 3.05) is 11.5 Å². The van der Waals surface area contributed by atoms with Gasteiger partial charge >= 0.3 is 5.97 Å². The first kappa shape index (κ1) is 17.3. The van der Waals surface area contributed by atoms with E-state index in [-0.39, 0.29) is 22.8 Å². The topological polar surface area (TPSA) is 110 Å². The molecule has 0 spiro atoms. The lowest BCUT2D eigenvalue weighted by Gasteiger charge is -2.17. The number of phenolic OH excluding ortho intramolecular Hbond substituents is 1. The summed E-state index contributed by atoms with van der Waals surface area (Å²) in [6.07, 6.45) is -0.737. The smallest absolute Gasteiger partial charge is 0.342 e. The van der Waals surface area contributed by atoms with Gasteiger partial charge in [0.2, 0.25) is 0 Å². The van der Waals surface area contributed by atoms with E-state index >= 15 is 0 Å². The van der Waals surface area contributed by atoms with Crippen molar-refractivity contribution < 1.29 is 27.9 Å². The fourth-order valence-electron chi connectivity index (χ4n) is 2.32. The van der Waals surface area contributed by atoms with Crippen molar-refractivity contribution >= 4 is 21.7 Å². The summed E-state index contributed by atoms with van der Waals surface area (Å²) in [6.45, 7) is 3.15. The van der Waals surface area contributed by atoms with Crippen LogP contribution < -0.4 is 5.32 Å². The van der Waals surface area contributed by atoms with E-state index < -0.39 is 33.9 Å². The highest BCUT2D eigenvalue weighted by Gasteiger charge is 2.31. The third-order valence-electron chi connectivity index (χ3n) is 3.60. The van der Waals surface area contributed by atoms with Gasteiger partial charge in [-0.3, -0.25) is 4.79 Å². The van der Waals surface area contributed by atoms with Crippen molar-refractivity contribution in [3.8, 4) is 5.75 Å². The summed E-state index contributed by atoms with van der Waals surface area (Å²) in [5.41, 5.74) is 0.746. The molecule has 1 aromatic carbocycles. The molecule has 1 aliphatic heterocycles. The molecule has 1 saturated heterocycles. The Kier molecular flexibility index (Phi) is 4.93. The number of nitrogens with one attached hydrogen (secondary N) is 1. The van der Waals surface area contributed by atoms with E-state index in [1.807, 2.05) is 0 Å². The van der Waals surface area contributed by atoms with Crippen LogP contribution in [-0.4, -0.2) is 49.1 Å². The molecule has 1 amide bonds. The van der Waals surface area contributed by atoms with E-state index in [1.54, 1.807) is 13.0 Å². The number of hydrogen-bond donors (Lipinski definition) is 2. The van der Waals surface area contributed by atoms with E-state index in [0.29, 0.717) is 6.42 Å². The van der Waals surface area contributed by atoms with E-state index in [9.17, 15) is 23.1 Å². The Balaban J connectivity index is 1.95. The molecule has 0 aliphatic carbocycles. The number of phenols is 1. The van der Waals surface area contributed by atoms with E-state index in [1.165, 1.54) is 19.1 Å². The second kappa shape index (κ2) is 6.57. The minimum absolute atomic E-state index is 0.0203. The molecule has 1 heterocycles. The van der Waals surface area contributed by atoms with Crippen LogP contribution in [0.2, 0.25) is 0 Å². The van der Waals surface area contributed by atoms with E-state index in [2.05, 4.69) is 5.32 Å². The van der Waals surface area contributed by atoms with Crippen molar-refractivity contribution in [2.45, 2.75) is 32.4 Å². The first-order valence-electron chi connectivity index (χ1n) is 7.19. The molecule has 0 saturated carbocycles. The van der Waals surface area contributed by atoms with Crippen molar-refractivity contribution in [1.82, 2.24) is 5.32 Å². The monoisotopic (exact) mass is 341 g/mol. The lowest BCUT2D eigenvalue weighted by molar-refractivity contribution is -0.129. The molecule has 7 nitrogen and oxygen atoms in total. The molecular formula is C15H19NO6S. The SMILES string of the molecule is Cc1ccc(O)c(C(=O)O[C@H](C)C(=O)N[C@H]2CCS(=O)(=O)C2)c1. The largest absolute Gasteiger partial charge is 0.507 e. The minimum Gasteiger partial charge on any atom is -0.507 e. The Labute approximate surface area is 134 Å². The zero-order valence-electron chi connectivity index (χ0n) is 12.9. The molecule has 8 heteroatoms. The van der Waals surface area contributed by atoms with Gasteiger partial charge in [0.05, 0.1) is 11.5 Å². The predicted molar refractivity (Wildman–Crippen MR) is 82.9 cm³/mol. The maximum Gasteiger partial charge on any atom is 0.342 e. The Morgan fingerprint density at radius 3 is 2.70 bits per heavy atom. The van der Waals surface area contributed by atoms with Crippen molar-refractivity contribution in [3.05, 3.63) is 29.3 Å². The number of sulfone groups is 1. The van der Waals surface area contributed by atoms with Gasteiger partial charge in [-0.05, 0) is 32.4 Å². The highest BCUT2D eigenvalue weighted by Crippen LogP contribution is 2.20. The average molecular weight is 341 g/mol. The second-order valence-corrected chi connectivity index (χ2v) is 7.91. The molecule has 2 rings (SSSR count). The van der Waals surface area contributed by atoms with Crippen LogP contribution in [0.4, 0.5) is 0 Å². The zero-order chi connectivity index (χ0) is 17.2. The van der Waals surface area contributed by atoms with Gasteiger partial charge in [-0.15, -0.1) is 0 Å². The van der Waals surface area contributed by atoms with Gasteiger partial charge in [0, 0.05) is 6.04 Å². The van der Waals surface area contributed by atoms with Crippen LogP contribution in [0, 0.1) is 6.92 Å². The third-order valence-corrected chi connectivity index (χ3v) is 5.37. The van der Waals surface area contributed by atoms with Crippen LogP contribution in [0.5, 0.6) is 5.75 Å². The summed E-state index contributed by atoms with van der Waals surface area (Å²) in [5.74, 6) is -1.66. The number of rotatable bonds is 4. The summed E-state index contributed by atoms with van der Waals surface area (Å²) >= 11 is 0. The predicted octanol–water partition coefficient (Wildman–Crippen LogP) is 0.549. The number of amides is 1. The summed E-state index contributed by atoms with van der Waals surface area (Å²) in [5, 5.41) is 12.2. The molecule has 0 radical (unpaired) electrons. The van der Waals surface area contributed by atoms with Gasteiger partial charge in [-0.1, -0.05) is 11.6 Å². The summed E-state index contributed by atoms with van der Waals surface area (Å²) < 4.78 is 27.8. The fourth-order valence-corrected chi connectivity index (χ4v) is 3.99. The highest BCUT2D eigenvalue weighted by atomic mass is 32.2. The van der Waals surface area contributed by atoms with Crippen molar-refractivity contribution in [1.29, 1.82) is 0 Å². The molecule has 1 fully saturated rings. The number of ether oxygens (including phenoxy) is 1. The number of hydrogen-bond acceptors (Lipinski definition) is 6. The summed E-state index contributed by atoms with van der Waals surface area (Å²) in [7, 11) is -3.10. The number of benzene rings is 1. The number of aryl methyl sites for hydroxylation is 1. The summed E-state index contributed by atoms with van der Waals surface area (Å²) in [4.78, 5) is 24.0. The van der Waals surface area contributed by atoms with E-state index in [0.717, 1.165) is 5.56 Å². The molecule has 1 aliphatic rings. The van der Waals surface area contributed by atoms with Crippen LogP contribution in [-0.2, 0) is 19.4 Å². The quantitative estimate of drug-likeness (QED) is 0.774. The van der Waals surface area contributed by atoms with Crippen LogP contribution in [0.25, 0.3) is 0 Å². The lowest BCUT2D eigenvalue weighted by Crippen LogP contribution is -2.42. The molecule has 23 heavy (non-hydrogen) atoms. The molecule has 0 bridgehead atoms. The number of carbonyl (C=O) groups excluding carboxylic acids is 2. The van der Waals surface area contributed by atoms with Crippen LogP contribution >= 0.6 is 0 Å². The molecule has 0 unspecified atom stereocenters. The van der Waals surface area contributed by atoms with Gasteiger partial charge < -0.3 is 15.2 Å². The fraction of sp³-hybridized carbons (Fsp3) is 0.467. The molecule has 1 aromatic rings. The number of aromatic hydroxyl groups is 1. The normalized spacial score (nSPS) is 20.7. The molecular weight excluding hydrogens is 322 g/mol. The highest BCUT2D eigenvalue weighted by molar-refractivity contribution is 7.91. The maximum absolute atomic E-state index is 12.0. The summed E-state index contributed by atoms with van der Waals surface area (Å²) in [6, 6.07) is 4.02. The Morgan fingerprint density at radius 1 is 1.39 bits per heavy atom. The molecule has 126 valence electrons. The lowest BCUT2D eigenvalue weighted by atomic mass is 10.1. The molecule has 2 atom stereocenters. The van der Waals surface area contributed by atoms with Crippen molar-refractivity contribution in [3.63, 3.8) is 0 Å². The maximum atomic E-state index is 12.0. The minimum atomic E-state index is -3.10. The Morgan fingerprint density at radius 2 is 2.09 bits per heavy atom.